The van der Waals surface area contributed by atoms with Crippen LogP contribution < -0.4 is 0 Å². The van der Waals surface area contributed by atoms with Gasteiger partial charge in [0.15, 0.2) is 5.69 Å². The number of hydrogen-bond acceptors (Lipinski definition) is 2. The molecule has 1 aromatic heterocycles. The topological polar surface area (TPSA) is 38.1 Å². The van der Waals surface area contributed by atoms with E-state index in [0.717, 1.165) is 22.7 Å². The SMILES string of the molecule is O=C(c1ccc(-n2ccc(C(F)(F)F)n2)cc1)N1CCC(c2cccc(F)c2)C1. The van der Waals surface area contributed by atoms with E-state index in [-0.39, 0.29) is 17.6 Å². The smallest absolute Gasteiger partial charge is 0.338 e. The van der Waals surface area contributed by atoms with Crippen molar-refractivity contribution in [2.75, 3.05) is 13.1 Å². The van der Waals surface area contributed by atoms with Gasteiger partial charge in [-0.25, -0.2) is 9.07 Å². The molecule has 3 aromatic rings. The quantitative estimate of drug-likeness (QED) is 0.597. The average Bonchev–Trinajstić information content (AvgIpc) is 3.37. The van der Waals surface area contributed by atoms with Gasteiger partial charge in [0.1, 0.15) is 5.82 Å². The zero-order valence-corrected chi connectivity index (χ0v) is 15.2. The molecule has 1 fully saturated rings. The number of halogens is 4. The number of nitrogens with zero attached hydrogens (tertiary/aromatic N) is 3. The van der Waals surface area contributed by atoms with E-state index in [1.807, 2.05) is 6.07 Å². The molecule has 150 valence electrons. The summed E-state index contributed by atoms with van der Waals surface area (Å²) in [6.07, 6.45) is -2.53. The highest BCUT2D eigenvalue weighted by atomic mass is 19.4. The van der Waals surface area contributed by atoms with Crippen LogP contribution in [0.2, 0.25) is 0 Å². The van der Waals surface area contributed by atoms with E-state index in [1.54, 1.807) is 35.2 Å². The summed E-state index contributed by atoms with van der Waals surface area (Å²) in [7, 11) is 0. The Morgan fingerprint density at radius 2 is 1.83 bits per heavy atom. The Balaban J connectivity index is 1.45. The summed E-state index contributed by atoms with van der Waals surface area (Å²) in [5.41, 5.74) is 0.765. The average molecular weight is 403 g/mol. The van der Waals surface area contributed by atoms with Crippen LogP contribution in [0.1, 0.15) is 34.0 Å². The van der Waals surface area contributed by atoms with Crippen molar-refractivity contribution in [3.8, 4) is 5.69 Å². The van der Waals surface area contributed by atoms with Gasteiger partial charge in [-0.05, 0) is 54.4 Å². The van der Waals surface area contributed by atoms with Crippen LogP contribution in [-0.4, -0.2) is 33.7 Å². The number of carbonyl (C=O) groups excluding carboxylic acids is 1. The van der Waals surface area contributed by atoms with Gasteiger partial charge in [-0.2, -0.15) is 18.3 Å². The van der Waals surface area contributed by atoms with E-state index >= 15 is 0 Å². The van der Waals surface area contributed by atoms with Crippen LogP contribution in [0, 0.1) is 5.82 Å². The zero-order chi connectivity index (χ0) is 20.6. The fraction of sp³-hybridized carbons (Fsp3) is 0.238. The van der Waals surface area contributed by atoms with Gasteiger partial charge in [-0.3, -0.25) is 4.79 Å². The third kappa shape index (κ3) is 4.01. The second-order valence-electron chi connectivity index (χ2n) is 6.98. The fourth-order valence-electron chi connectivity index (χ4n) is 3.54. The van der Waals surface area contributed by atoms with Gasteiger partial charge in [0.2, 0.25) is 0 Å². The lowest BCUT2D eigenvalue weighted by Crippen LogP contribution is -2.28. The lowest BCUT2D eigenvalue weighted by Gasteiger charge is -2.17. The predicted molar refractivity (Wildman–Crippen MR) is 98.2 cm³/mol. The van der Waals surface area contributed by atoms with Crippen molar-refractivity contribution in [3.63, 3.8) is 0 Å². The highest BCUT2D eigenvalue weighted by molar-refractivity contribution is 5.94. The molecule has 1 saturated heterocycles. The van der Waals surface area contributed by atoms with E-state index in [2.05, 4.69) is 5.10 Å². The van der Waals surface area contributed by atoms with E-state index in [1.165, 1.54) is 18.3 Å². The number of carbonyl (C=O) groups is 1. The molecule has 1 aliphatic heterocycles. The number of rotatable bonds is 3. The van der Waals surface area contributed by atoms with E-state index in [0.29, 0.717) is 24.3 Å². The maximum absolute atomic E-state index is 13.4. The first-order chi connectivity index (χ1) is 13.8. The second-order valence-corrected chi connectivity index (χ2v) is 6.98. The molecule has 0 bridgehead atoms. The van der Waals surface area contributed by atoms with Gasteiger partial charge in [-0.1, -0.05) is 12.1 Å². The Labute approximate surface area is 164 Å². The lowest BCUT2D eigenvalue weighted by atomic mass is 9.98. The van der Waals surface area contributed by atoms with Gasteiger partial charge in [0.25, 0.3) is 5.91 Å². The molecule has 4 nitrogen and oxygen atoms in total. The minimum absolute atomic E-state index is 0.0822. The molecule has 1 unspecified atom stereocenters. The minimum Gasteiger partial charge on any atom is -0.338 e. The number of likely N-dealkylation sites (tertiary alicyclic amines) is 1. The molecule has 1 aliphatic rings. The van der Waals surface area contributed by atoms with E-state index in [9.17, 15) is 22.4 Å². The van der Waals surface area contributed by atoms with Crippen molar-refractivity contribution in [1.82, 2.24) is 14.7 Å². The molecule has 2 heterocycles. The largest absolute Gasteiger partial charge is 0.435 e. The third-order valence-electron chi connectivity index (χ3n) is 5.05. The van der Waals surface area contributed by atoms with Crippen molar-refractivity contribution >= 4 is 5.91 Å². The first kappa shape index (κ1) is 19.2. The number of hydrogen-bond donors (Lipinski definition) is 0. The monoisotopic (exact) mass is 403 g/mol. The molecule has 0 N–H and O–H groups in total. The zero-order valence-electron chi connectivity index (χ0n) is 15.2. The molecule has 0 saturated carbocycles. The summed E-state index contributed by atoms with van der Waals surface area (Å²) in [6, 6.07) is 13.6. The molecule has 4 rings (SSSR count). The number of alkyl halides is 3. The van der Waals surface area contributed by atoms with Gasteiger partial charge < -0.3 is 4.90 Å². The molecule has 29 heavy (non-hydrogen) atoms. The molecule has 1 amide bonds. The maximum atomic E-state index is 13.4. The van der Waals surface area contributed by atoms with Gasteiger partial charge in [0, 0.05) is 30.8 Å². The van der Waals surface area contributed by atoms with Crippen LogP contribution in [0.25, 0.3) is 5.69 Å². The fourth-order valence-corrected chi connectivity index (χ4v) is 3.54. The van der Waals surface area contributed by atoms with Crippen molar-refractivity contribution < 1.29 is 22.4 Å². The summed E-state index contributed by atoms with van der Waals surface area (Å²) in [4.78, 5) is 14.5. The van der Waals surface area contributed by atoms with Crippen LogP contribution >= 0.6 is 0 Å². The number of benzene rings is 2. The summed E-state index contributed by atoms with van der Waals surface area (Å²) in [5, 5.41) is 3.52. The summed E-state index contributed by atoms with van der Waals surface area (Å²) >= 11 is 0. The first-order valence-electron chi connectivity index (χ1n) is 9.09. The summed E-state index contributed by atoms with van der Waals surface area (Å²) in [6.45, 7) is 1.06. The second kappa shape index (κ2) is 7.35. The Kier molecular flexibility index (Phi) is 4.86. The summed E-state index contributed by atoms with van der Waals surface area (Å²) < 4.78 is 52.6. The van der Waals surface area contributed by atoms with E-state index < -0.39 is 11.9 Å². The Morgan fingerprint density at radius 3 is 2.48 bits per heavy atom. The number of amides is 1. The molecule has 0 radical (unpaired) electrons. The first-order valence-corrected chi connectivity index (χ1v) is 9.09. The molecular formula is C21H17F4N3O. The molecule has 0 aliphatic carbocycles. The highest BCUT2D eigenvalue weighted by Crippen LogP contribution is 2.29. The summed E-state index contributed by atoms with van der Waals surface area (Å²) in [5.74, 6) is -0.374. The Hall–Kier alpha value is -3.16. The van der Waals surface area contributed by atoms with Crippen LogP contribution in [-0.2, 0) is 6.18 Å². The van der Waals surface area contributed by atoms with Gasteiger partial charge >= 0.3 is 6.18 Å². The molecule has 8 heteroatoms. The van der Waals surface area contributed by atoms with Crippen molar-refractivity contribution in [3.05, 3.63) is 83.4 Å². The van der Waals surface area contributed by atoms with Crippen LogP contribution in [0.5, 0.6) is 0 Å². The Bertz CT molecular complexity index is 1030. The van der Waals surface area contributed by atoms with Crippen molar-refractivity contribution in [1.29, 1.82) is 0 Å². The molecule has 2 aromatic carbocycles. The molecule has 0 spiro atoms. The number of aromatic nitrogens is 2. The highest BCUT2D eigenvalue weighted by Gasteiger charge is 2.33. The predicted octanol–water partition coefficient (Wildman–Crippen LogP) is 4.66. The van der Waals surface area contributed by atoms with Crippen molar-refractivity contribution in [2.24, 2.45) is 0 Å². The van der Waals surface area contributed by atoms with Gasteiger partial charge in [0.05, 0.1) is 5.69 Å². The van der Waals surface area contributed by atoms with Crippen molar-refractivity contribution in [2.45, 2.75) is 18.5 Å². The van der Waals surface area contributed by atoms with Crippen LogP contribution in [0.3, 0.4) is 0 Å². The molecular weight excluding hydrogens is 386 g/mol. The Morgan fingerprint density at radius 1 is 1.07 bits per heavy atom. The van der Waals surface area contributed by atoms with Crippen LogP contribution in [0.4, 0.5) is 17.6 Å². The standard InChI is InChI=1S/C21H17F4N3O/c22-17-3-1-2-15(12-17)16-8-10-27(13-16)20(29)14-4-6-18(7-5-14)28-11-9-19(26-28)21(23,24)25/h1-7,9,11-12,16H,8,10,13H2. The normalized spacial score (nSPS) is 17.0. The van der Waals surface area contributed by atoms with Crippen LogP contribution in [0.15, 0.2) is 60.8 Å². The lowest BCUT2D eigenvalue weighted by molar-refractivity contribution is -0.141. The van der Waals surface area contributed by atoms with Gasteiger partial charge in [-0.15, -0.1) is 0 Å². The maximum Gasteiger partial charge on any atom is 0.435 e. The minimum atomic E-state index is -4.50. The molecule has 1 atom stereocenters. The third-order valence-corrected chi connectivity index (χ3v) is 5.05. The van der Waals surface area contributed by atoms with E-state index in [4.69, 9.17) is 0 Å².